The summed E-state index contributed by atoms with van der Waals surface area (Å²) >= 11 is 0. The molecule has 0 aromatic carbocycles. The fourth-order valence-corrected chi connectivity index (χ4v) is 3.73. The largest absolute Gasteiger partial charge is 0.396 e. The van der Waals surface area contributed by atoms with Crippen LogP contribution in [0.25, 0.3) is 0 Å². The van der Waals surface area contributed by atoms with Gasteiger partial charge in [-0.15, -0.1) is 0 Å². The third-order valence-corrected chi connectivity index (χ3v) is 5.05. The predicted molar refractivity (Wildman–Crippen MR) is 64.4 cm³/mol. The van der Waals surface area contributed by atoms with Crippen LogP contribution in [-0.4, -0.2) is 48.7 Å². The van der Waals surface area contributed by atoms with Crippen LogP contribution in [0.5, 0.6) is 0 Å². The van der Waals surface area contributed by atoms with Crippen molar-refractivity contribution >= 4 is 5.91 Å². The Morgan fingerprint density at radius 2 is 2.24 bits per heavy atom. The van der Waals surface area contributed by atoms with Crippen LogP contribution < -0.4 is 5.32 Å². The lowest BCUT2D eigenvalue weighted by atomic mass is 9.69. The Bertz CT molecular complexity index is 317. The van der Waals surface area contributed by atoms with Crippen LogP contribution in [0.3, 0.4) is 0 Å². The second kappa shape index (κ2) is 4.25. The van der Waals surface area contributed by atoms with Crippen molar-refractivity contribution in [3.05, 3.63) is 0 Å². The lowest BCUT2D eigenvalue weighted by molar-refractivity contribution is -0.136. The summed E-state index contributed by atoms with van der Waals surface area (Å²) in [6.07, 6.45) is 4.76. The quantitative estimate of drug-likeness (QED) is 0.723. The lowest BCUT2D eigenvalue weighted by Gasteiger charge is -2.36. The number of amides is 1. The molecule has 3 fully saturated rings. The summed E-state index contributed by atoms with van der Waals surface area (Å²) in [5.41, 5.74) is 0.0328. The molecule has 3 rings (SSSR count). The van der Waals surface area contributed by atoms with E-state index in [0.29, 0.717) is 11.8 Å². The fourth-order valence-electron chi connectivity index (χ4n) is 3.73. The number of aliphatic hydroxyl groups is 1. The van der Waals surface area contributed by atoms with Gasteiger partial charge in [0.05, 0.1) is 12.5 Å². The monoisotopic (exact) mass is 238 g/mol. The van der Waals surface area contributed by atoms with Crippen molar-refractivity contribution in [1.82, 2.24) is 10.2 Å². The molecule has 1 aliphatic carbocycles. The minimum absolute atomic E-state index is 0.0328. The van der Waals surface area contributed by atoms with Crippen LogP contribution in [0.15, 0.2) is 0 Å². The molecule has 0 unspecified atom stereocenters. The second-order valence-electron chi connectivity index (χ2n) is 6.04. The average molecular weight is 238 g/mol. The topological polar surface area (TPSA) is 52.6 Å². The van der Waals surface area contributed by atoms with Crippen molar-refractivity contribution in [2.75, 3.05) is 32.8 Å². The molecule has 1 saturated carbocycles. The molecule has 4 nitrogen and oxygen atoms in total. The number of hydrogen-bond acceptors (Lipinski definition) is 3. The average Bonchev–Trinajstić information content (AvgIpc) is 2.66. The van der Waals surface area contributed by atoms with Crippen molar-refractivity contribution in [3.8, 4) is 0 Å². The standard InChI is InChI=1S/C13H22N2O2/c16-9-13-4-2-1-3-11(13)7-15(8-13)12(17)10-5-14-6-10/h10-11,14,16H,1-9H2/t11-,13-/m1/s1. The maximum absolute atomic E-state index is 12.2. The molecule has 17 heavy (non-hydrogen) atoms. The molecule has 0 aromatic heterocycles. The molecule has 2 atom stereocenters. The van der Waals surface area contributed by atoms with Gasteiger partial charge in [0.2, 0.25) is 5.91 Å². The SMILES string of the molecule is O=C(C1CNC1)N1C[C@H]2CCCC[C@]2(CO)C1. The van der Waals surface area contributed by atoms with E-state index in [4.69, 9.17) is 0 Å². The minimum atomic E-state index is 0.0328. The zero-order chi connectivity index (χ0) is 11.9. The van der Waals surface area contributed by atoms with Crippen molar-refractivity contribution < 1.29 is 9.90 Å². The van der Waals surface area contributed by atoms with Crippen LogP contribution >= 0.6 is 0 Å². The molecule has 3 aliphatic rings. The molecule has 1 amide bonds. The molecule has 2 saturated heterocycles. The van der Waals surface area contributed by atoms with Gasteiger partial charge in [-0.3, -0.25) is 4.79 Å². The van der Waals surface area contributed by atoms with Crippen molar-refractivity contribution in [2.45, 2.75) is 25.7 Å². The van der Waals surface area contributed by atoms with Gasteiger partial charge in [-0.05, 0) is 18.8 Å². The molecule has 96 valence electrons. The van der Waals surface area contributed by atoms with Crippen LogP contribution in [0.1, 0.15) is 25.7 Å². The number of aliphatic hydroxyl groups excluding tert-OH is 1. The molecule has 2 N–H and O–H groups in total. The Morgan fingerprint density at radius 3 is 2.82 bits per heavy atom. The number of nitrogens with one attached hydrogen (secondary N) is 1. The Morgan fingerprint density at radius 1 is 1.41 bits per heavy atom. The maximum atomic E-state index is 12.2. The molecule has 0 bridgehead atoms. The van der Waals surface area contributed by atoms with Gasteiger partial charge in [-0.25, -0.2) is 0 Å². The lowest BCUT2D eigenvalue weighted by Crippen LogP contribution is -2.52. The van der Waals surface area contributed by atoms with Gasteiger partial charge in [-0.1, -0.05) is 12.8 Å². The predicted octanol–water partition coefficient (Wildman–Crippen LogP) is 0.217. The third kappa shape index (κ3) is 1.78. The van der Waals surface area contributed by atoms with E-state index in [1.807, 2.05) is 4.90 Å². The molecular weight excluding hydrogens is 216 g/mol. The van der Waals surface area contributed by atoms with Gasteiger partial charge in [0, 0.05) is 31.6 Å². The Kier molecular flexibility index (Phi) is 2.87. The summed E-state index contributed by atoms with van der Waals surface area (Å²) in [6.45, 7) is 3.61. The zero-order valence-corrected chi connectivity index (χ0v) is 10.3. The van der Waals surface area contributed by atoms with Crippen LogP contribution in [0.2, 0.25) is 0 Å². The van der Waals surface area contributed by atoms with E-state index in [2.05, 4.69) is 5.32 Å². The summed E-state index contributed by atoms with van der Waals surface area (Å²) in [6, 6.07) is 0. The molecule has 0 aromatic rings. The summed E-state index contributed by atoms with van der Waals surface area (Å²) in [4.78, 5) is 14.3. The summed E-state index contributed by atoms with van der Waals surface area (Å²) in [5.74, 6) is 1.05. The van der Waals surface area contributed by atoms with Gasteiger partial charge in [-0.2, -0.15) is 0 Å². The highest BCUT2D eigenvalue weighted by Crippen LogP contribution is 2.46. The van der Waals surface area contributed by atoms with E-state index in [1.54, 1.807) is 0 Å². The van der Waals surface area contributed by atoms with Crippen molar-refractivity contribution in [2.24, 2.45) is 17.3 Å². The molecule has 0 radical (unpaired) electrons. The zero-order valence-electron chi connectivity index (χ0n) is 10.3. The molecule has 0 spiro atoms. The maximum Gasteiger partial charge on any atom is 0.228 e. The highest BCUT2D eigenvalue weighted by Gasteiger charge is 2.49. The van der Waals surface area contributed by atoms with E-state index in [0.717, 1.165) is 32.6 Å². The number of rotatable bonds is 2. The first-order valence-electron chi connectivity index (χ1n) is 6.85. The molecule has 2 aliphatic heterocycles. The van der Waals surface area contributed by atoms with Crippen molar-refractivity contribution in [1.29, 1.82) is 0 Å². The van der Waals surface area contributed by atoms with Crippen molar-refractivity contribution in [3.63, 3.8) is 0 Å². The van der Waals surface area contributed by atoms with Gasteiger partial charge < -0.3 is 15.3 Å². The summed E-state index contributed by atoms with van der Waals surface area (Å²) in [7, 11) is 0. The molecule has 2 heterocycles. The van der Waals surface area contributed by atoms with E-state index in [1.165, 1.54) is 19.3 Å². The van der Waals surface area contributed by atoms with Gasteiger partial charge in [0.1, 0.15) is 0 Å². The third-order valence-electron chi connectivity index (χ3n) is 5.05. The number of carbonyl (C=O) groups excluding carboxylic acids is 1. The van der Waals surface area contributed by atoms with Crippen LogP contribution in [-0.2, 0) is 4.79 Å². The van der Waals surface area contributed by atoms with Gasteiger partial charge >= 0.3 is 0 Å². The van der Waals surface area contributed by atoms with Gasteiger partial charge in [0.25, 0.3) is 0 Å². The second-order valence-corrected chi connectivity index (χ2v) is 6.04. The molecule has 4 heteroatoms. The first-order valence-corrected chi connectivity index (χ1v) is 6.85. The Hall–Kier alpha value is -0.610. The normalized spacial score (nSPS) is 37.7. The summed E-state index contributed by atoms with van der Waals surface area (Å²) in [5, 5.41) is 12.9. The van der Waals surface area contributed by atoms with Crippen LogP contribution in [0.4, 0.5) is 0 Å². The minimum Gasteiger partial charge on any atom is -0.396 e. The van der Waals surface area contributed by atoms with E-state index in [-0.39, 0.29) is 17.9 Å². The number of fused-ring (bicyclic) bond motifs is 1. The number of carbonyl (C=O) groups is 1. The first-order chi connectivity index (χ1) is 8.25. The highest BCUT2D eigenvalue weighted by molar-refractivity contribution is 5.80. The number of nitrogens with zero attached hydrogens (tertiary/aromatic N) is 1. The highest BCUT2D eigenvalue weighted by atomic mass is 16.3. The molecular formula is C13H22N2O2. The first kappa shape index (κ1) is 11.5. The van der Waals surface area contributed by atoms with E-state index < -0.39 is 0 Å². The Labute approximate surface area is 102 Å². The van der Waals surface area contributed by atoms with Gasteiger partial charge in [0.15, 0.2) is 0 Å². The smallest absolute Gasteiger partial charge is 0.228 e. The van der Waals surface area contributed by atoms with E-state index >= 15 is 0 Å². The number of likely N-dealkylation sites (tertiary alicyclic amines) is 1. The Balaban J connectivity index is 1.71. The fraction of sp³-hybridized carbons (Fsp3) is 0.923. The van der Waals surface area contributed by atoms with Crippen LogP contribution in [0, 0.1) is 17.3 Å². The van der Waals surface area contributed by atoms with E-state index in [9.17, 15) is 9.90 Å². The number of hydrogen-bond donors (Lipinski definition) is 2. The summed E-state index contributed by atoms with van der Waals surface area (Å²) < 4.78 is 0.